The summed E-state index contributed by atoms with van der Waals surface area (Å²) in [6.07, 6.45) is 0.657. The summed E-state index contributed by atoms with van der Waals surface area (Å²) >= 11 is 0. The van der Waals surface area contributed by atoms with Crippen LogP contribution in [0.1, 0.15) is 26.1 Å². The van der Waals surface area contributed by atoms with E-state index in [0.717, 1.165) is 5.52 Å². The number of fused-ring (bicyclic) bond motifs is 1. The van der Waals surface area contributed by atoms with E-state index in [-0.39, 0.29) is 17.2 Å². The first-order valence-corrected chi connectivity index (χ1v) is 11.6. The van der Waals surface area contributed by atoms with Gasteiger partial charge < -0.3 is 14.6 Å². The molecule has 0 saturated carbocycles. The Labute approximate surface area is 182 Å². The predicted octanol–water partition coefficient (Wildman–Crippen LogP) is 3.18. The lowest BCUT2D eigenvalue weighted by Crippen LogP contribution is -2.30. The zero-order chi connectivity index (χ0) is 22.6. The molecule has 0 bridgehead atoms. The van der Waals surface area contributed by atoms with Gasteiger partial charge in [0.15, 0.2) is 0 Å². The molecule has 0 aliphatic carbocycles. The molecule has 8 nitrogen and oxygen atoms in total. The minimum Gasteiger partial charge on any atom is -0.495 e. The fourth-order valence-corrected chi connectivity index (χ4v) is 4.99. The summed E-state index contributed by atoms with van der Waals surface area (Å²) in [5.74, 6) is 1.16. The van der Waals surface area contributed by atoms with Gasteiger partial charge in [0.05, 0.1) is 28.7 Å². The van der Waals surface area contributed by atoms with Crippen molar-refractivity contribution in [3.05, 3.63) is 48.3 Å². The van der Waals surface area contributed by atoms with Crippen LogP contribution in [-0.2, 0) is 28.3 Å². The number of para-hydroxylation sites is 2. The number of benzene rings is 2. The second kappa shape index (κ2) is 9.49. The van der Waals surface area contributed by atoms with Crippen molar-refractivity contribution < 1.29 is 17.9 Å². The van der Waals surface area contributed by atoms with E-state index in [2.05, 4.69) is 10.3 Å². The third-order valence-corrected chi connectivity index (χ3v) is 7.29. The van der Waals surface area contributed by atoms with Crippen molar-refractivity contribution in [1.82, 2.24) is 13.9 Å². The van der Waals surface area contributed by atoms with Gasteiger partial charge in [-0.05, 0) is 30.3 Å². The summed E-state index contributed by atoms with van der Waals surface area (Å²) in [4.78, 5) is 17.2. The molecule has 0 aliphatic rings. The van der Waals surface area contributed by atoms with Crippen molar-refractivity contribution in [3.8, 4) is 5.75 Å². The SMILES string of the molecule is CCN(CC)S(=O)(=O)c1ccc2c(c1)nc(CCC(=O)Nc1ccccc1OC)n2C. The van der Waals surface area contributed by atoms with Crippen molar-refractivity contribution in [1.29, 1.82) is 0 Å². The number of hydrogen-bond acceptors (Lipinski definition) is 5. The normalized spacial score (nSPS) is 11.8. The molecule has 0 saturated heterocycles. The van der Waals surface area contributed by atoms with Gasteiger partial charge >= 0.3 is 0 Å². The smallest absolute Gasteiger partial charge is 0.243 e. The van der Waals surface area contributed by atoms with Crippen LogP contribution in [0.25, 0.3) is 11.0 Å². The van der Waals surface area contributed by atoms with Crippen LogP contribution >= 0.6 is 0 Å². The van der Waals surface area contributed by atoms with Crippen LogP contribution in [0, 0.1) is 0 Å². The number of nitrogens with one attached hydrogen (secondary N) is 1. The lowest BCUT2D eigenvalue weighted by molar-refractivity contribution is -0.116. The fraction of sp³-hybridized carbons (Fsp3) is 0.364. The lowest BCUT2D eigenvalue weighted by atomic mass is 10.2. The molecule has 1 N–H and O–H groups in total. The molecule has 1 heterocycles. The highest BCUT2D eigenvalue weighted by Crippen LogP contribution is 2.24. The summed E-state index contributed by atoms with van der Waals surface area (Å²) < 4.78 is 34.2. The number of sulfonamides is 1. The third kappa shape index (κ3) is 4.72. The lowest BCUT2D eigenvalue weighted by Gasteiger charge is -2.18. The highest BCUT2D eigenvalue weighted by Gasteiger charge is 2.22. The minimum atomic E-state index is -3.56. The predicted molar refractivity (Wildman–Crippen MR) is 121 cm³/mol. The van der Waals surface area contributed by atoms with Gasteiger partial charge in [0.25, 0.3) is 0 Å². The van der Waals surface area contributed by atoms with E-state index in [0.29, 0.717) is 42.3 Å². The molecule has 1 amide bonds. The van der Waals surface area contributed by atoms with E-state index in [4.69, 9.17) is 4.74 Å². The highest BCUT2D eigenvalue weighted by atomic mass is 32.2. The number of aryl methyl sites for hydroxylation is 2. The van der Waals surface area contributed by atoms with Crippen LogP contribution in [0.15, 0.2) is 47.4 Å². The van der Waals surface area contributed by atoms with Gasteiger partial charge in [-0.1, -0.05) is 26.0 Å². The van der Waals surface area contributed by atoms with Crippen molar-refractivity contribution in [2.75, 3.05) is 25.5 Å². The van der Waals surface area contributed by atoms with Gasteiger partial charge in [-0.3, -0.25) is 4.79 Å². The number of methoxy groups -OCH3 is 1. The van der Waals surface area contributed by atoms with Crippen LogP contribution in [0.4, 0.5) is 5.69 Å². The quantitative estimate of drug-likeness (QED) is 0.547. The number of imidazole rings is 1. The molecule has 0 aliphatic heterocycles. The van der Waals surface area contributed by atoms with E-state index < -0.39 is 10.0 Å². The molecule has 1 aromatic heterocycles. The minimum absolute atomic E-state index is 0.152. The molecular formula is C22H28N4O4S. The first-order chi connectivity index (χ1) is 14.8. The second-order valence-corrected chi connectivity index (χ2v) is 9.01. The van der Waals surface area contributed by atoms with E-state index in [1.807, 2.05) is 37.6 Å². The zero-order valence-electron chi connectivity index (χ0n) is 18.3. The monoisotopic (exact) mass is 444 g/mol. The van der Waals surface area contributed by atoms with Crippen molar-refractivity contribution in [2.45, 2.75) is 31.6 Å². The summed E-state index contributed by atoms with van der Waals surface area (Å²) in [5, 5.41) is 2.85. The standard InChI is InChI=1S/C22H28N4O4S/c1-5-26(6-2)31(28,29)16-11-12-19-18(15-16)23-21(25(19)3)13-14-22(27)24-17-9-7-8-10-20(17)30-4/h7-12,15H,5-6,13-14H2,1-4H3,(H,24,27). The first kappa shape index (κ1) is 22.8. The van der Waals surface area contributed by atoms with Gasteiger partial charge in [0, 0.05) is 33.0 Å². The first-order valence-electron chi connectivity index (χ1n) is 10.2. The molecule has 9 heteroatoms. The average Bonchev–Trinajstić information content (AvgIpc) is 3.08. The number of aromatic nitrogens is 2. The van der Waals surface area contributed by atoms with Crippen LogP contribution in [0.5, 0.6) is 5.75 Å². The Morgan fingerprint density at radius 2 is 1.87 bits per heavy atom. The molecule has 3 aromatic rings. The number of ether oxygens (including phenoxy) is 1. The number of nitrogens with zero attached hydrogens (tertiary/aromatic N) is 3. The Bertz CT molecular complexity index is 1180. The van der Waals surface area contributed by atoms with Crippen molar-refractivity contribution in [2.24, 2.45) is 7.05 Å². The summed E-state index contributed by atoms with van der Waals surface area (Å²) in [6, 6.07) is 12.2. The number of anilines is 1. The van der Waals surface area contributed by atoms with E-state index in [1.165, 1.54) is 4.31 Å². The number of amides is 1. The van der Waals surface area contributed by atoms with Crippen molar-refractivity contribution >= 4 is 32.7 Å². The van der Waals surface area contributed by atoms with Gasteiger partial charge in [-0.2, -0.15) is 4.31 Å². The summed E-state index contributed by atoms with van der Waals surface area (Å²) in [5.41, 5.74) is 2.03. The summed E-state index contributed by atoms with van der Waals surface area (Å²) in [7, 11) is -0.138. The maximum atomic E-state index is 12.8. The number of carbonyl (C=O) groups is 1. The molecule has 0 spiro atoms. The topological polar surface area (TPSA) is 93.5 Å². The summed E-state index contributed by atoms with van der Waals surface area (Å²) in [6.45, 7) is 4.44. The molecule has 166 valence electrons. The Hall–Kier alpha value is -2.91. The zero-order valence-corrected chi connectivity index (χ0v) is 19.1. The number of rotatable bonds is 9. The maximum Gasteiger partial charge on any atom is 0.243 e. The Balaban J connectivity index is 1.77. The number of carbonyl (C=O) groups excluding carboxylic acids is 1. The number of hydrogen-bond donors (Lipinski definition) is 1. The Morgan fingerprint density at radius 3 is 2.55 bits per heavy atom. The molecule has 0 fully saturated rings. The molecule has 0 atom stereocenters. The molecule has 3 rings (SSSR count). The van der Waals surface area contributed by atoms with E-state index >= 15 is 0 Å². The van der Waals surface area contributed by atoms with Crippen molar-refractivity contribution in [3.63, 3.8) is 0 Å². The molecule has 0 unspecified atom stereocenters. The molecule has 2 aromatic carbocycles. The molecule has 31 heavy (non-hydrogen) atoms. The third-order valence-electron chi connectivity index (χ3n) is 5.24. The Kier molecular flexibility index (Phi) is 6.97. The van der Waals surface area contributed by atoms with Gasteiger partial charge in [0.1, 0.15) is 11.6 Å². The largest absolute Gasteiger partial charge is 0.495 e. The highest BCUT2D eigenvalue weighted by molar-refractivity contribution is 7.89. The van der Waals surface area contributed by atoms with Gasteiger partial charge in [-0.25, -0.2) is 13.4 Å². The van der Waals surface area contributed by atoms with E-state index in [9.17, 15) is 13.2 Å². The van der Waals surface area contributed by atoms with Gasteiger partial charge in [0.2, 0.25) is 15.9 Å². The van der Waals surface area contributed by atoms with Crippen LogP contribution < -0.4 is 10.1 Å². The van der Waals surface area contributed by atoms with Crippen LogP contribution in [0.2, 0.25) is 0 Å². The molecule has 0 radical (unpaired) electrons. The fourth-order valence-electron chi connectivity index (χ4n) is 3.51. The van der Waals surface area contributed by atoms with Crippen LogP contribution in [-0.4, -0.2) is 48.4 Å². The van der Waals surface area contributed by atoms with E-state index in [1.54, 1.807) is 37.4 Å². The van der Waals surface area contributed by atoms with Crippen LogP contribution in [0.3, 0.4) is 0 Å². The Morgan fingerprint density at radius 1 is 1.16 bits per heavy atom. The average molecular weight is 445 g/mol. The maximum absolute atomic E-state index is 12.8. The van der Waals surface area contributed by atoms with Gasteiger partial charge in [-0.15, -0.1) is 0 Å². The molecular weight excluding hydrogens is 416 g/mol. The second-order valence-electron chi connectivity index (χ2n) is 7.08.